The Morgan fingerprint density at radius 2 is 1.86 bits per heavy atom. The standard InChI is InChI=1S/C22H20N2O3S/c1-25-17-10-11-21(26-2)19(13-17)20-15-28-22(23-16-7-4-3-5-8-16)24(20)14-18-9-6-12-27-18/h3-13,15H,14H2,1-2H3. The molecular weight excluding hydrogens is 372 g/mol. The van der Waals surface area contributed by atoms with E-state index in [9.17, 15) is 0 Å². The zero-order valence-electron chi connectivity index (χ0n) is 15.7. The summed E-state index contributed by atoms with van der Waals surface area (Å²) in [5, 5.41) is 2.09. The monoisotopic (exact) mass is 392 g/mol. The van der Waals surface area contributed by atoms with E-state index in [0.29, 0.717) is 6.54 Å². The number of methoxy groups -OCH3 is 2. The van der Waals surface area contributed by atoms with Gasteiger partial charge in [0.2, 0.25) is 0 Å². The minimum Gasteiger partial charge on any atom is -0.497 e. The molecule has 0 N–H and O–H groups in total. The van der Waals surface area contributed by atoms with E-state index in [2.05, 4.69) is 9.95 Å². The quantitative estimate of drug-likeness (QED) is 0.458. The van der Waals surface area contributed by atoms with Gasteiger partial charge in [-0.3, -0.25) is 0 Å². The topological polar surface area (TPSA) is 48.9 Å². The fourth-order valence-corrected chi connectivity index (χ4v) is 3.89. The molecule has 0 saturated heterocycles. The summed E-state index contributed by atoms with van der Waals surface area (Å²) in [5.74, 6) is 2.40. The van der Waals surface area contributed by atoms with Crippen LogP contribution < -0.4 is 14.3 Å². The number of rotatable bonds is 6. The molecular formula is C22H20N2O3S. The molecule has 0 atom stereocenters. The first-order valence-corrected chi connectivity index (χ1v) is 9.69. The van der Waals surface area contributed by atoms with Gasteiger partial charge in [-0.2, -0.15) is 0 Å². The summed E-state index contributed by atoms with van der Waals surface area (Å²) in [6, 6.07) is 19.6. The molecule has 28 heavy (non-hydrogen) atoms. The Kier molecular flexibility index (Phi) is 5.30. The molecule has 0 saturated carbocycles. The Morgan fingerprint density at radius 1 is 1.00 bits per heavy atom. The fraction of sp³-hybridized carbons (Fsp3) is 0.136. The molecule has 0 fully saturated rings. The number of thiazole rings is 1. The molecule has 4 aromatic rings. The minimum absolute atomic E-state index is 0.567. The predicted octanol–water partition coefficient (Wildman–Crippen LogP) is 5.11. The summed E-state index contributed by atoms with van der Waals surface area (Å²) >= 11 is 1.58. The highest BCUT2D eigenvalue weighted by atomic mass is 32.1. The van der Waals surface area contributed by atoms with E-state index in [0.717, 1.165) is 39.0 Å². The number of para-hydroxylation sites is 1. The maximum atomic E-state index is 5.60. The Labute approximate surface area is 167 Å². The van der Waals surface area contributed by atoms with Crippen molar-refractivity contribution in [2.75, 3.05) is 14.2 Å². The average molecular weight is 392 g/mol. The van der Waals surface area contributed by atoms with Crippen LogP contribution >= 0.6 is 11.3 Å². The molecule has 4 rings (SSSR count). The Hall–Kier alpha value is -3.25. The van der Waals surface area contributed by atoms with E-state index < -0.39 is 0 Å². The van der Waals surface area contributed by atoms with E-state index in [1.807, 2.05) is 60.7 Å². The summed E-state index contributed by atoms with van der Waals surface area (Å²) in [5.41, 5.74) is 2.84. The Morgan fingerprint density at radius 3 is 2.57 bits per heavy atom. The van der Waals surface area contributed by atoms with Crippen molar-refractivity contribution in [3.05, 3.63) is 82.9 Å². The molecule has 0 radical (unpaired) electrons. The van der Waals surface area contributed by atoms with Crippen molar-refractivity contribution in [3.8, 4) is 22.8 Å². The van der Waals surface area contributed by atoms with Gasteiger partial charge in [0.25, 0.3) is 0 Å². The van der Waals surface area contributed by atoms with Crippen molar-refractivity contribution in [1.29, 1.82) is 0 Å². The molecule has 0 aliphatic carbocycles. The van der Waals surface area contributed by atoms with E-state index in [1.165, 1.54) is 0 Å². The number of nitrogens with zero attached hydrogens (tertiary/aromatic N) is 2. The second-order valence-corrected chi connectivity index (χ2v) is 6.92. The van der Waals surface area contributed by atoms with Gasteiger partial charge >= 0.3 is 0 Å². The zero-order chi connectivity index (χ0) is 19.3. The molecule has 2 heterocycles. The minimum atomic E-state index is 0.567. The van der Waals surface area contributed by atoms with Gasteiger partial charge in [0.1, 0.15) is 17.3 Å². The summed E-state index contributed by atoms with van der Waals surface area (Å²) in [6.45, 7) is 0.567. The van der Waals surface area contributed by atoms with Crippen LogP contribution in [0.25, 0.3) is 11.3 Å². The second-order valence-electron chi connectivity index (χ2n) is 6.08. The molecule has 0 unspecified atom stereocenters. The summed E-state index contributed by atoms with van der Waals surface area (Å²) in [4.78, 5) is 5.71. The molecule has 0 aliphatic rings. The van der Waals surface area contributed by atoms with Crippen molar-refractivity contribution < 1.29 is 13.9 Å². The van der Waals surface area contributed by atoms with Gasteiger partial charge in [-0.1, -0.05) is 18.2 Å². The van der Waals surface area contributed by atoms with E-state index in [1.54, 1.807) is 31.8 Å². The van der Waals surface area contributed by atoms with Crippen LogP contribution in [0, 0.1) is 0 Å². The maximum Gasteiger partial charge on any atom is 0.190 e. The van der Waals surface area contributed by atoms with Gasteiger partial charge in [0.05, 0.1) is 38.4 Å². The first kappa shape index (κ1) is 18.1. The van der Waals surface area contributed by atoms with E-state index in [-0.39, 0.29) is 0 Å². The van der Waals surface area contributed by atoms with E-state index >= 15 is 0 Å². The fourth-order valence-electron chi connectivity index (χ4n) is 2.97. The molecule has 6 heteroatoms. The van der Waals surface area contributed by atoms with Crippen molar-refractivity contribution in [2.45, 2.75) is 6.54 Å². The Balaban J connectivity index is 1.90. The summed E-state index contributed by atoms with van der Waals surface area (Å²) < 4.78 is 18.7. The van der Waals surface area contributed by atoms with Crippen LogP contribution in [0.2, 0.25) is 0 Å². The lowest BCUT2D eigenvalue weighted by Gasteiger charge is -2.13. The van der Waals surface area contributed by atoms with Crippen LogP contribution in [0.3, 0.4) is 0 Å². The average Bonchev–Trinajstić information content (AvgIpc) is 3.39. The summed E-state index contributed by atoms with van der Waals surface area (Å²) in [6.07, 6.45) is 1.68. The Bertz CT molecular complexity index is 1110. The third-order valence-corrected chi connectivity index (χ3v) is 5.22. The highest BCUT2D eigenvalue weighted by Gasteiger charge is 2.15. The molecule has 0 bridgehead atoms. The lowest BCUT2D eigenvalue weighted by molar-refractivity contribution is 0.404. The number of aromatic nitrogens is 1. The number of benzene rings is 2. The van der Waals surface area contributed by atoms with Gasteiger partial charge in [0.15, 0.2) is 4.80 Å². The molecule has 0 aliphatic heterocycles. The lowest BCUT2D eigenvalue weighted by atomic mass is 10.1. The number of furan rings is 1. The maximum absolute atomic E-state index is 5.60. The van der Waals surface area contributed by atoms with Crippen LogP contribution in [0.1, 0.15) is 5.76 Å². The second kappa shape index (κ2) is 8.19. The first-order chi connectivity index (χ1) is 13.8. The van der Waals surface area contributed by atoms with Gasteiger partial charge in [-0.25, -0.2) is 4.99 Å². The molecule has 142 valence electrons. The SMILES string of the molecule is COc1ccc(OC)c(-c2csc(=Nc3ccccc3)n2Cc2ccco2)c1. The van der Waals surface area contributed by atoms with Crippen molar-refractivity contribution in [3.63, 3.8) is 0 Å². The highest BCUT2D eigenvalue weighted by Crippen LogP contribution is 2.34. The number of hydrogen-bond donors (Lipinski definition) is 0. The predicted molar refractivity (Wildman–Crippen MR) is 110 cm³/mol. The van der Waals surface area contributed by atoms with Gasteiger partial charge in [-0.05, 0) is 42.5 Å². The van der Waals surface area contributed by atoms with Gasteiger partial charge in [0, 0.05) is 10.9 Å². The smallest absolute Gasteiger partial charge is 0.190 e. The zero-order valence-corrected chi connectivity index (χ0v) is 16.5. The molecule has 2 aromatic heterocycles. The highest BCUT2D eigenvalue weighted by molar-refractivity contribution is 7.07. The third kappa shape index (κ3) is 3.73. The van der Waals surface area contributed by atoms with Crippen LogP contribution in [0.4, 0.5) is 5.69 Å². The largest absolute Gasteiger partial charge is 0.497 e. The van der Waals surface area contributed by atoms with E-state index in [4.69, 9.17) is 18.9 Å². The van der Waals surface area contributed by atoms with Crippen LogP contribution in [0.15, 0.2) is 81.7 Å². The lowest BCUT2D eigenvalue weighted by Crippen LogP contribution is -2.16. The van der Waals surface area contributed by atoms with Gasteiger partial charge in [-0.15, -0.1) is 11.3 Å². The normalized spacial score (nSPS) is 11.6. The van der Waals surface area contributed by atoms with Gasteiger partial charge < -0.3 is 18.5 Å². The molecule has 0 amide bonds. The molecule has 0 spiro atoms. The van der Waals surface area contributed by atoms with Crippen LogP contribution in [-0.4, -0.2) is 18.8 Å². The van der Waals surface area contributed by atoms with Crippen molar-refractivity contribution in [1.82, 2.24) is 4.57 Å². The molecule has 5 nitrogen and oxygen atoms in total. The number of hydrogen-bond acceptors (Lipinski definition) is 5. The summed E-state index contributed by atoms with van der Waals surface area (Å²) in [7, 11) is 3.33. The van der Waals surface area contributed by atoms with Crippen LogP contribution in [0.5, 0.6) is 11.5 Å². The van der Waals surface area contributed by atoms with Crippen molar-refractivity contribution >= 4 is 17.0 Å². The first-order valence-electron chi connectivity index (χ1n) is 8.81. The number of ether oxygens (including phenoxy) is 2. The third-order valence-electron chi connectivity index (χ3n) is 4.36. The molecule has 2 aromatic carbocycles. The van der Waals surface area contributed by atoms with Crippen molar-refractivity contribution in [2.24, 2.45) is 4.99 Å². The van der Waals surface area contributed by atoms with Crippen LogP contribution in [-0.2, 0) is 6.54 Å².